The third kappa shape index (κ3) is 3.38. The van der Waals surface area contributed by atoms with E-state index in [4.69, 9.17) is 10.7 Å². The van der Waals surface area contributed by atoms with Gasteiger partial charge in [-0.1, -0.05) is 48.5 Å². The molecule has 0 saturated carbocycles. The maximum absolute atomic E-state index is 12.8. The highest BCUT2D eigenvalue weighted by Gasteiger charge is 2.24. The number of para-hydroxylation sites is 1. The van der Waals surface area contributed by atoms with Crippen molar-refractivity contribution >= 4 is 38.8 Å². The molecule has 4 nitrogen and oxygen atoms in total. The van der Waals surface area contributed by atoms with Gasteiger partial charge in [0.2, 0.25) is 0 Å². The molecule has 0 bridgehead atoms. The zero-order chi connectivity index (χ0) is 19.8. The van der Waals surface area contributed by atoms with Crippen molar-refractivity contribution in [3.05, 3.63) is 88.4 Å². The van der Waals surface area contributed by atoms with Crippen LogP contribution in [0.25, 0.3) is 10.2 Å². The largest absolute Gasteiger partial charge is 0.397 e. The van der Waals surface area contributed by atoms with Crippen LogP contribution in [0.4, 0.5) is 11.4 Å². The van der Waals surface area contributed by atoms with Gasteiger partial charge in [0, 0.05) is 16.8 Å². The van der Waals surface area contributed by atoms with E-state index in [1.807, 2.05) is 30.3 Å². The quantitative estimate of drug-likeness (QED) is 0.484. The van der Waals surface area contributed by atoms with E-state index in [-0.39, 0.29) is 5.91 Å². The first-order chi connectivity index (χ1) is 14.2. The lowest BCUT2D eigenvalue weighted by atomic mass is 9.82. The number of nitrogens with two attached hydrogens (primary N) is 1. The molecule has 2 heterocycles. The van der Waals surface area contributed by atoms with Crippen molar-refractivity contribution in [2.75, 3.05) is 11.1 Å². The van der Waals surface area contributed by atoms with Gasteiger partial charge < -0.3 is 11.1 Å². The van der Waals surface area contributed by atoms with E-state index in [0.29, 0.717) is 16.5 Å². The highest BCUT2D eigenvalue weighted by Crippen LogP contribution is 2.38. The molecule has 144 valence electrons. The summed E-state index contributed by atoms with van der Waals surface area (Å²) in [5.41, 5.74) is 11.4. The highest BCUT2D eigenvalue weighted by molar-refractivity contribution is 7.21. The minimum Gasteiger partial charge on any atom is -0.397 e. The molecule has 1 atom stereocenters. The van der Waals surface area contributed by atoms with Crippen LogP contribution < -0.4 is 11.1 Å². The lowest BCUT2D eigenvalue weighted by Crippen LogP contribution is -2.14. The first kappa shape index (κ1) is 17.9. The number of carbonyl (C=O) groups excluding carboxylic acids is 1. The Kier molecular flexibility index (Phi) is 4.52. The summed E-state index contributed by atoms with van der Waals surface area (Å²) in [4.78, 5) is 19.0. The van der Waals surface area contributed by atoms with Crippen LogP contribution in [-0.4, -0.2) is 10.9 Å². The van der Waals surface area contributed by atoms with Crippen LogP contribution in [0.3, 0.4) is 0 Å². The van der Waals surface area contributed by atoms with Gasteiger partial charge in [-0.15, -0.1) is 11.3 Å². The van der Waals surface area contributed by atoms with Gasteiger partial charge in [0.15, 0.2) is 0 Å². The standard InChI is InChI=1S/C24H21N3OS/c25-21-19-14-17-13-16(15-7-3-1-4-8-15)11-12-20(17)27-24(19)29-22(21)23(28)26-18-9-5-2-6-10-18/h1-10,14,16H,11-13,25H2,(H,26,28). The van der Waals surface area contributed by atoms with Crippen LogP contribution in [0.5, 0.6) is 0 Å². The Morgan fingerprint density at radius 2 is 1.79 bits per heavy atom. The van der Waals surface area contributed by atoms with E-state index in [1.54, 1.807) is 0 Å². The number of anilines is 2. The number of carbonyl (C=O) groups is 1. The van der Waals surface area contributed by atoms with Crippen LogP contribution in [0.15, 0.2) is 66.7 Å². The Morgan fingerprint density at radius 3 is 2.55 bits per heavy atom. The number of hydrogen-bond donors (Lipinski definition) is 2. The van der Waals surface area contributed by atoms with Crippen molar-refractivity contribution in [3.63, 3.8) is 0 Å². The summed E-state index contributed by atoms with van der Waals surface area (Å²) in [6, 6.07) is 22.2. The number of aryl methyl sites for hydroxylation is 1. The zero-order valence-electron chi connectivity index (χ0n) is 15.9. The van der Waals surface area contributed by atoms with Crippen molar-refractivity contribution in [1.29, 1.82) is 0 Å². The number of rotatable bonds is 3. The number of aromatic nitrogens is 1. The average molecular weight is 400 g/mol. The fourth-order valence-corrected chi connectivity index (χ4v) is 5.07. The van der Waals surface area contributed by atoms with Gasteiger partial charge in [0.05, 0.1) is 5.69 Å². The number of benzene rings is 2. The van der Waals surface area contributed by atoms with Gasteiger partial charge in [0.25, 0.3) is 5.91 Å². The van der Waals surface area contributed by atoms with Crippen LogP contribution in [0.2, 0.25) is 0 Å². The first-order valence-corrected chi connectivity index (χ1v) is 10.6. The van der Waals surface area contributed by atoms with Crippen LogP contribution in [0, 0.1) is 0 Å². The molecule has 1 aliphatic rings. The van der Waals surface area contributed by atoms with Gasteiger partial charge in [0.1, 0.15) is 9.71 Å². The summed E-state index contributed by atoms with van der Waals surface area (Å²) in [6.07, 6.45) is 3.01. The van der Waals surface area contributed by atoms with E-state index in [2.05, 4.69) is 41.7 Å². The number of pyridine rings is 1. The molecule has 1 amide bonds. The summed E-state index contributed by atoms with van der Waals surface area (Å²) >= 11 is 1.37. The van der Waals surface area contributed by atoms with Gasteiger partial charge in [-0.25, -0.2) is 4.98 Å². The molecule has 0 saturated heterocycles. The second-order valence-electron chi connectivity index (χ2n) is 7.46. The minimum atomic E-state index is -0.183. The smallest absolute Gasteiger partial charge is 0.267 e. The first-order valence-electron chi connectivity index (χ1n) is 9.81. The van der Waals surface area contributed by atoms with Crippen molar-refractivity contribution in [2.24, 2.45) is 0 Å². The number of hydrogen-bond acceptors (Lipinski definition) is 4. The lowest BCUT2D eigenvalue weighted by molar-refractivity contribution is 0.103. The molecule has 5 heteroatoms. The zero-order valence-corrected chi connectivity index (χ0v) is 16.7. The van der Waals surface area contributed by atoms with Gasteiger partial charge in [-0.3, -0.25) is 4.79 Å². The predicted octanol–water partition coefficient (Wildman–Crippen LogP) is 5.40. The fraction of sp³-hybridized carbons (Fsp3) is 0.167. The maximum atomic E-state index is 12.8. The number of thiophene rings is 1. The molecule has 4 aromatic rings. The summed E-state index contributed by atoms with van der Waals surface area (Å²) in [5, 5.41) is 3.81. The average Bonchev–Trinajstić information content (AvgIpc) is 3.09. The molecule has 5 rings (SSSR count). The number of nitrogen functional groups attached to an aromatic ring is 1. The monoisotopic (exact) mass is 399 g/mol. The molecule has 0 aliphatic heterocycles. The Hall–Kier alpha value is -3.18. The van der Waals surface area contributed by atoms with Crippen molar-refractivity contribution in [3.8, 4) is 0 Å². The van der Waals surface area contributed by atoms with Gasteiger partial charge in [-0.2, -0.15) is 0 Å². The lowest BCUT2D eigenvalue weighted by Gasteiger charge is -2.24. The summed E-state index contributed by atoms with van der Waals surface area (Å²) < 4.78 is 0. The van der Waals surface area contributed by atoms with Crippen molar-refractivity contribution in [1.82, 2.24) is 4.98 Å². The fourth-order valence-electron chi connectivity index (χ4n) is 4.08. The molecule has 1 unspecified atom stereocenters. The normalized spacial score (nSPS) is 15.8. The molecule has 0 radical (unpaired) electrons. The van der Waals surface area contributed by atoms with E-state index < -0.39 is 0 Å². The molecular weight excluding hydrogens is 378 g/mol. The number of fused-ring (bicyclic) bond motifs is 2. The Bertz CT molecular complexity index is 1190. The van der Waals surface area contributed by atoms with E-state index >= 15 is 0 Å². The number of amides is 1. The highest BCUT2D eigenvalue weighted by atomic mass is 32.1. The topological polar surface area (TPSA) is 68.0 Å². The van der Waals surface area contributed by atoms with E-state index in [9.17, 15) is 4.79 Å². The Morgan fingerprint density at radius 1 is 1.07 bits per heavy atom. The Balaban J connectivity index is 1.47. The summed E-state index contributed by atoms with van der Waals surface area (Å²) in [6.45, 7) is 0. The second-order valence-corrected chi connectivity index (χ2v) is 8.46. The molecular formula is C24H21N3OS. The third-order valence-corrected chi connectivity index (χ3v) is 6.71. The summed E-state index contributed by atoms with van der Waals surface area (Å²) in [7, 11) is 0. The van der Waals surface area contributed by atoms with Crippen LogP contribution >= 0.6 is 11.3 Å². The SMILES string of the molecule is Nc1c(C(=O)Nc2ccccc2)sc2nc3c(cc12)CC(c1ccccc1)CC3. The predicted molar refractivity (Wildman–Crippen MR) is 120 cm³/mol. The van der Waals surface area contributed by atoms with E-state index in [0.717, 1.165) is 40.9 Å². The Labute approximate surface area is 173 Å². The van der Waals surface area contributed by atoms with Crippen LogP contribution in [-0.2, 0) is 12.8 Å². The summed E-state index contributed by atoms with van der Waals surface area (Å²) in [5.74, 6) is 0.320. The maximum Gasteiger partial charge on any atom is 0.267 e. The van der Waals surface area contributed by atoms with Gasteiger partial charge in [-0.05, 0) is 54.5 Å². The van der Waals surface area contributed by atoms with Crippen molar-refractivity contribution in [2.45, 2.75) is 25.2 Å². The number of nitrogens with one attached hydrogen (secondary N) is 1. The van der Waals surface area contributed by atoms with Gasteiger partial charge >= 0.3 is 0 Å². The molecule has 2 aromatic carbocycles. The molecule has 3 N–H and O–H groups in total. The molecule has 0 fully saturated rings. The van der Waals surface area contributed by atoms with Crippen molar-refractivity contribution < 1.29 is 4.79 Å². The molecule has 1 aliphatic carbocycles. The third-order valence-electron chi connectivity index (χ3n) is 5.59. The van der Waals surface area contributed by atoms with E-state index in [1.165, 1.54) is 22.5 Å². The number of nitrogens with zero attached hydrogens (tertiary/aromatic N) is 1. The van der Waals surface area contributed by atoms with Crippen LogP contribution in [0.1, 0.15) is 38.8 Å². The second kappa shape index (κ2) is 7.33. The molecule has 0 spiro atoms. The molecule has 2 aromatic heterocycles. The molecule has 29 heavy (non-hydrogen) atoms. The minimum absolute atomic E-state index is 0.183.